The fourth-order valence-corrected chi connectivity index (χ4v) is 5.45. The molecule has 0 amide bonds. The predicted molar refractivity (Wildman–Crippen MR) is 104 cm³/mol. The molecule has 0 heterocycles. The first-order valence-corrected chi connectivity index (χ1v) is 9.77. The molecule has 3 rings (SSSR count). The largest absolute Gasteiger partial charge is 1.00 e. The van der Waals surface area contributed by atoms with E-state index >= 15 is 0 Å². The Morgan fingerprint density at radius 3 is 1.14 bits per heavy atom. The number of halogens is 3. The number of benzene rings is 2. The zero-order chi connectivity index (χ0) is 18.4. The summed E-state index contributed by atoms with van der Waals surface area (Å²) >= 11 is 2.38. The molecule has 2 aromatic rings. The van der Waals surface area contributed by atoms with Gasteiger partial charge in [-0.1, -0.05) is 0 Å². The third-order valence-electron chi connectivity index (χ3n) is 5.17. The summed E-state index contributed by atoms with van der Waals surface area (Å²) in [5, 5.41) is 0. The van der Waals surface area contributed by atoms with Crippen molar-refractivity contribution >= 4 is 0 Å². The molecule has 0 atom stereocenters. The molecular formula is C24H27Cl3Ti. The van der Waals surface area contributed by atoms with Gasteiger partial charge in [-0.3, -0.25) is 0 Å². The van der Waals surface area contributed by atoms with Crippen LogP contribution < -0.4 is 37.2 Å². The average Bonchev–Trinajstić information content (AvgIpc) is 2.70. The second-order valence-electron chi connectivity index (χ2n) is 7.86. The van der Waals surface area contributed by atoms with E-state index in [0.717, 1.165) is 0 Å². The first kappa shape index (κ1) is 27.5. The number of hydrogen-bond acceptors (Lipinski definition) is 0. The topological polar surface area (TPSA) is 0 Å². The Kier molecular flexibility index (Phi) is 10.3. The van der Waals surface area contributed by atoms with Crippen LogP contribution in [0, 0.1) is 27.7 Å². The minimum Gasteiger partial charge on any atom is -1.00 e. The van der Waals surface area contributed by atoms with Gasteiger partial charge in [0.05, 0.1) is 0 Å². The van der Waals surface area contributed by atoms with Crippen molar-refractivity contribution in [3.05, 3.63) is 93.1 Å². The van der Waals surface area contributed by atoms with E-state index in [1.54, 1.807) is 0 Å². The van der Waals surface area contributed by atoms with E-state index in [1.807, 2.05) is 0 Å². The van der Waals surface area contributed by atoms with E-state index in [-0.39, 0.29) is 40.9 Å². The van der Waals surface area contributed by atoms with Gasteiger partial charge in [0.2, 0.25) is 0 Å². The maximum atomic E-state index is 2.46. The van der Waals surface area contributed by atoms with Crippen LogP contribution in [0.25, 0.3) is 0 Å². The van der Waals surface area contributed by atoms with E-state index in [9.17, 15) is 0 Å². The van der Waals surface area contributed by atoms with Crippen LogP contribution in [0.4, 0.5) is 0 Å². The normalized spacial score (nSPS) is 14.5. The van der Waals surface area contributed by atoms with E-state index in [1.165, 1.54) is 44.5 Å². The van der Waals surface area contributed by atoms with Gasteiger partial charge in [0.1, 0.15) is 0 Å². The summed E-state index contributed by atoms with van der Waals surface area (Å²) in [6, 6.07) is 14.0. The Morgan fingerprint density at radius 2 is 0.857 bits per heavy atom. The summed E-state index contributed by atoms with van der Waals surface area (Å²) in [5.74, 6) is 0.331. The standard InChI is InChI=1S/C24H27.3ClH.Ti/c1-15-7-16(2)10-21(9-15)24(23-13-19(5)20(6)14-23)22-11-17(3)8-18(4)12-22;;;;/h7-14,24H,1-6H3;3*1H;/q;;;;+3/p-3. The fraction of sp³-hybridized carbons (Fsp3) is 0.333. The van der Waals surface area contributed by atoms with Gasteiger partial charge in [0.15, 0.2) is 0 Å². The molecule has 0 N–H and O–H groups in total. The zero-order valence-electron chi connectivity index (χ0n) is 17.3. The molecule has 0 bridgehead atoms. The Morgan fingerprint density at radius 1 is 0.571 bits per heavy atom. The molecule has 148 valence electrons. The molecule has 0 aliphatic heterocycles. The van der Waals surface area contributed by atoms with Crippen LogP contribution in [-0.4, -0.2) is 0 Å². The van der Waals surface area contributed by atoms with Gasteiger partial charge in [-0.2, -0.15) is 0 Å². The Labute approximate surface area is 200 Å². The second kappa shape index (κ2) is 10.5. The molecule has 28 heavy (non-hydrogen) atoms. The SMILES string of the molecule is CC1=C[C]([Ti+3])(C(c2cc(C)cc(C)c2)c2cc(C)cc(C)c2)C=C1C.[Cl-].[Cl-].[Cl-]. The van der Waals surface area contributed by atoms with Crippen LogP contribution in [0.1, 0.15) is 53.1 Å². The molecule has 0 fully saturated rings. The molecule has 0 nitrogen and oxygen atoms in total. The quantitative estimate of drug-likeness (QED) is 0.443. The maximum Gasteiger partial charge on any atom is -1.00 e. The first-order valence-electron chi connectivity index (χ1n) is 8.98. The van der Waals surface area contributed by atoms with Crippen LogP contribution in [0.3, 0.4) is 0 Å². The molecule has 0 radical (unpaired) electrons. The van der Waals surface area contributed by atoms with Gasteiger partial charge >= 0.3 is 165 Å². The molecular weight excluding hydrogens is 442 g/mol. The van der Waals surface area contributed by atoms with Crippen LogP contribution in [0.15, 0.2) is 59.7 Å². The average molecular weight is 470 g/mol. The number of aryl methyl sites for hydroxylation is 4. The zero-order valence-corrected chi connectivity index (χ0v) is 21.2. The Balaban J connectivity index is 0.00000243. The van der Waals surface area contributed by atoms with E-state index < -0.39 is 0 Å². The predicted octanol–water partition coefficient (Wildman–Crippen LogP) is -2.32. The molecule has 4 heteroatoms. The summed E-state index contributed by atoms with van der Waals surface area (Å²) in [7, 11) is 0. The van der Waals surface area contributed by atoms with Crippen LogP contribution in [0.2, 0.25) is 3.72 Å². The molecule has 0 saturated heterocycles. The van der Waals surface area contributed by atoms with Crippen LogP contribution in [0.5, 0.6) is 0 Å². The molecule has 1 aliphatic rings. The fourth-order valence-electron chi connectivity index (χ4n) is 4.25. The summed E-state index contributed by atoms with van der Waals surface area (Å²) in [4.78, 5) is 0. The molecule has 0 saturated carbocycles. The molecule has 0 aromatic heterocycles. The Bertz CT molecular complexity index is 787. The Hall–Kier alpha value is -0.496. The third-order valence-corrected chi connectivity index (χ3v) is 6.07. The number of rotatable bonds is 3. The van der Waals surface area contributed by atoms with Crippen molar-refractivity contribution in [2.24, 2.45) is 0 Å². The third kappa shape index (κ3) is 5.77. The molecule has 1 aliphatic carbocycles. The van der Waals surface area contributed by atoms with Gasteiger partial charge in [-0.25, -0.2) is 0 Å². The van der Waals surface area contributed by atoms with E-state index in [0.29, 0.717) is 5.92 Å². The molecule has 0 unspecified atom stereocenters. The second-order valence-corrected chi connectivity index (χ2v) is 9.22. The smallest absolute Gasteiger partial charge is 1.00 e. The van der Waals surface area contributed by atoms with Crippen LogP contribution >= 0.6 is 0 Å². The summed E-state index contributed by atoms with van der Waals surface area (Å²) < 4.78 is 0.00856. The van der Waals surface area contributed by atoms with Crippen molar-refractivity contribution in [3.8, 4) is 0 Å². The summed E-state index contributed by atoms with van der Waals surface area (Å²) in [5.41, 5.74) is 11.0. The first-order chi connectivity index (χ1) is 11.7. The van der Waals surface area contributed by atoms with Gasteiger partial charge in [-0.05, 0) is 0 Å². The summed E-state index contributed by atoms with van der Waals surface area (Å²) in [6.45, 7) is 13.3. The van der Waals surface area contributed by atoms with E-state index in [2.05, 4.69) is 111 Å². The summed E-state index contributed by atoms with van der Waals surface area (Å²) in [6.07, 6.45) is 4.92. The van der Waals surface area contributed by atoms with Crippen molar-refractivity contribution in [1.29, 1.82) is 0 Å². The van der Waals surface area contributed by atoms with E-state index in [4.69, 9.17) is 0 Å². The minimum absolute atomic E-state index is 0. The van der Waals surface area contributed by atoms with Crippen LogP contribution in [-0.2, 0) is 20.4 Å². The van der Waals surface area contributed by atoms with Gasteiger partial charge in [0.25, 0.3) is 0 Å². The van der Waals surface area contributed by atoms with Gasteiger partial charge in [0, 0.05) is 0 Å². The van der Waals surface area contributed by atoms with Crippen molar-refractivity contribution in [2.45, 2.75) is 51.2 Å². The molecule has 0 spiro atoms. The maximum absolute atomic E-state index is 2.46. The van der Waals surface area contributed by atoms with Gasteiger partial charge < -0.3 is 37.2 Å². The van der Waals surface area contributed by atoms with Crippen molar-refractivity contribution < 1.29 is 57.7 Å². The van der Waals surface area contributed by atoms with Crippen molar-refractivity contribution in [2.75, 3.05) is 0 Å². The monoisotopic (exact) mass is 468 g/mol. The number of hydrogen-bond donors (Lipinski definition) is 0. The van der Waals surface area contributed by atoms with Gasteiger partial charge in [-0.15, -0.1) is 0 Å². The number of allylic oxidation sites excluding steroid dienone is 4. The van der Waals surface area contributed by atoms with Crippen molar-refractivity contribution in [1.82, 2.24) is 0 Å². The van der Waals surface area contributed by atoms with Crippen molar-refractivity contribution in [3.63, 3.8) is 0 Å². The minimum atomic E-state index is 0. The molecule has 2 aromatic carbocycles.